The van der Waals surface area contributed by atoms with Crippen molar-refractivity contribution in [3.63, 3.8) is 0 Å². The molecule has 0 saturated heterocycles. The smallest absolute Gasteiger partial charge is 0.186 e. The summed E-state index contributed by atoms with van der Waals surface area (Å²) in [4.78, 5) is 39.6. The van der Waals surface area contributed by atoms with Crippen LogP contribution in [0.2, 0.25) is 145 Å². The summed E-state index contributed by atoms with van der Waals surface area (Å²) in [6, 6.07) is 19.8. The minimum atomic E-state index is -2.87. The fraction of sp³-hybridized carbons (Fsp3) is 0.682. The maximum Gasteiger partial charge on any atom is 0.373 e. The molecule has 5 aliphatic carbocycles. The van der Waals surface area contributed by atoms with Crippen molar-refractivity contribution in [3.8, 4) is 0 Å². The van der Waals surface area contributed by atoms with Crippen molar-refractivity contribution in [2.45, 2.75) is 458 Å². The average molecular weight is 2390 g/mol. The van der Waals surface area contributed by atoms with E-state index in [1.807, 2.05) is 93.6 Å². The molecule has 5 aliphatic rings. The number of hydrogen-bond acceptors (Lipinski definition) is 15. The van der Waals surface area contributed by atoms with Crippen LogP contribution in [0.25, 0.3) is 0 Å². The van der Waals surface area contributed by atoms with Gasteiger partial charge in [-0.1, -0.05) is 297 Å². The zero-order valence-electron chi connectivity index (χ0n) is 94.5. The van der Waals surface area contributed by atoms with E-state index >= 15 is 0 Å². The second-order valence-corrected chi connectivity index (χ2v) is 108. The molecule has 1 N–H and O–H groups in total. The van der Waals surface area contributed by atoms with Crippen LogP contribution >= 0.6 is 44.4 Å². The van der Waals surface area contributed by atoms with Crippen LogP contribution in [-0.2, 0) is 63.9 Å². The molecule has 15 nitrogen and oxygen atoms in total. The fourth-order valence-electron chi connectivity index (χ4n) is 14.2. The minimum absolute atomic E-state index is 0.0165. The van der Waals surface area contributed by atoms with Crippen molar-refractivity contribution >= 4 is 139 Å². The summed E-state index contributed by atoms with van der Waals surface area (Å²) < 4.78 is 74.3. The van der Waals surface area contributed by atoms with Crippen molar-refractivity contribution < 1.29 is 82.2 Å². The Bertz CT molecular complexity index is 4360. The van der Waals surface area contributed by atoms with E-state index in [4.69, 9.17) is 49.7 Å². The molecule has 7 rings (SSSR count). The van der Waals surface area contributed by atoms with E-state index in [-0.39, 0.29) is 114 Å². The van der Waals surface area contributed by atoms with Crippen molar-refractivity contribution in [2.24, 2.45) is 5.92 Å². The first-order chi connectivity index (χ1) is 61.8. The van der Waals surface area contributed by atoms with E-state index in [0.717, 1.165) is 113 Å². The Morgan fingerprint density at radius 2 is 0.679 bits per heavy atom. The molecule has 0 bridgehead atoms. The largest absolute Gasteiger partial charge is 0.373 e. The molecule has 0 amide bonds. The van der Waals surface area contributed by atoms with Gasteiger partial charge in [0.25, 0.3) is 0 Å². The molecular formula is C110H195I3O15PSi8-. The van der Waals surface area contributed by atoms with Gasteiger partial charge in [0.05, 0.1) is 62.0 Å². The van der Waals surface area contributed by atoms with Crippen LogP contribution in [0, 0.1) is 5.92 Å². The standard InChI is InChI=1S/C33H51O3PSi2.C23H44O4Si2.C22H44O2Si2.C21H42O3Si2.C10H14O.CO2.I3/c1-26-27(22-23-37(34,29-18-14-12-15-19-29)30-20-16-13-17-21-30)24-28(35-38(8,9)32(2,3)4)25-31(26)36-39(10,11)33(5,6)7;1-13-25-21(24)15-18-14-19(26-28(9,10)22(3,4)5)16-20(17(18)2)27-29(11,12)23(6,7)8;1-13-14-18-15-19(23-25(9,10)21(3,4)5)16-20(17(18)2)24-26(11,12)22(6,7)8;1-16-17(12-13-22)14-18(23-25(8,9)20(2,3)4)15-19(16)24-26(10,11)21(5,6)7;1-7(2)9-5-4-8(3)10(11)6-9;2-1-3;1-3-2/h12-22,28,31H,1,23-25H2,2-11H3;15,19-20H,2,13-14,16H2,1,3-12H3;14,19-20H,2,13,15-16H2,1,3-12H3;12,18-19,22H,1,13-15H2,2-11H3;4,9H,1,5-6H2,2-3H3;;/q;;;;;;-1/b27-22-;18-15-;18-14+;17-12-;;;/t28-,31+;2*19-,20+;18-,19+;9-;;/m11110../s1. The second kappa shape index (κ2) is 54.4. The Balaban J connectivity index is 0.000000872. The number of benzene rings is 2. The number of hydrogen-bond donors (Lipinski definition) is 1. The van der Waals surface area contributed by atoms with Gasteiger partial charge in [-0.05, 0) is 260 Å². The molecule has 784 valence electrons. The van der Waals surface area contributed by atoms with Crippen LogP contribution in [0.3, 0.4) is 0 Å². The van der Waals surface area contributed by atoms with E-state index in [2.05, 4.69) is 360 Å². The summed E-state index contributed by atoms with van der Waals surface area (Å²) in [5, 5.41) is 12.4. The molecule has 0 radical (unpaired) electrons. The number of ether oxygens (including phenoxy) is 1. The molecular weight excluding hydrogens is 2200 g/mol. The summed E-state index contributed by atoms with van der Waals surface area (Å²) in [6.07, 6.45) is 20.4. The predicted molar refractivity (Wildman–Crippen MR) is 620 cm³/mol. The molecule has 0 spiro atoms. The van der Waals surface area contributed by atoms with Gasteiger partial charge in [0.1, 0.15) is 7.14 Å². The van der Waals surface area contributed by atoms with Gasteiger partial charge in [0.2, 0.25) is 0 Å². The summed E-state index contributed by atoms with van der Waals surface area (Å²) in [7, 11) is -18.2. The summed E-state index contributed by atoms with van der Waals surface area (Å²) in [6.45, 7) is 121. The number of halogens is 3. The average Bonchev–Trinajstić information content (AvgIpc) is 0.908. The predicted octanol–water partition coefficient (Wildman–Crippen LogP) is 29.8. The number of aliphatic hydroxyl groups excluding tert-OH is 1. The van der Waals surface area contributed by atoms with E-state index in [1.165, 1.54) is 11.1 Å². The molecule has 0 aromatic heterocycles. The number of aliphatic hydroxyl groups is 1. The molecule has 2 aromatic rings. The molecule has 0 heterocycles. The van der Waals surface area contributed by atoms with Crippen molar-refractivity contribution in [2.75, 3.05) is 19.4 Å². The third-order valence-corrected chi connectivity index (χ3v) is 70.6. The minimum Gasteiger partial charge on any atom is -0.186 e. The Hall–Kier alpha value is -1.84. The van der Waals surface area contributed by atoms with Crippen LogP contribution in [-0.4, -0.2) is 158 Å². The normalized spacial score (nSPS) is 22.6. The number of carbonyl (C=O) groups is 2. The van der Waals surface area contributed by atoms with Crippen LogP contribution in [0.1, 0.15) is 264 Å². The van der Waals surface area contributed by atoms with Crippen molar-refractivity contribution in [1.82, 2.24) is 0 Å². The van der Waals surface area contributed by atoms with E-state index in [9.17, 15) is 19.3 Å². The first kappa shape index (κ1) is 133. The zero-order valence-corrected chi connectivity index (χ0v) is 110. The van der Waals surface area contributed by atoms with Gasteiger partial charge in [-0.25, -0.2) is 4.79 Å². The van der Waals surface area contributed by atoms with Gasteiger partial charge < -0.3 is 49.8 Å². The van der Waals surface area contributed by atoms with Gasteiger partial charge in [-0.2, -0.15) is 9.59 Å². The van der Waals surface area contributed by atoms with E-state index in [0.29, 0.717) is 44.8 Å². The Labute approximate surface area is 876 Å². The van der Waals surface area contributed by atoms with Crippen LogP contribution in [0.4, 0.5) is 0 Å². The summed E-state index contributed by atoms with van der Waals surface area (Å²) in [5.41, 5.74) is 10.7. The number of rotatable bonds is 25. The number of carbonyl (C=O) groups excluding carboxylic acids is 4. The Morgan fingerprint density at radius 1 is 0.438 bits per heavy atom. The monoisotopic (exact) mass is 2390 g/mol. The van der Waals surface area contributed by atoms with Gasteiger partial charge in [0, 0.05) is 55.0 Å². The van der Waals surface area contributed by atoms with Crippen LogP contribution in [0.5, 0.6) is 0 Å². The molecule has 0 unspecified atom stereocenters. The molecule has 2 aromatic carbocycles. The maximum absolute atomic E-state index is 14.7. The third-order valence-electron chi connectivity index (χ3n) is 31.5. The summed E-state index contributed by atoms with van der Waals surface area (Å²) in [5.74, 6) is 0.359. The fourth-order valence-corrected chi connectivity index (χ4v) is 27.4. The number of ketones is 1. The summed E-state index contributed by atoms with van der Waals surface area (Å²) >= 11 is 5.30. The number of allylic oxidation sites excluding steroid dienone is 5. The molecule has 4 fully saturated rings. The molecule has 0 aliphatic heterocycles. The molecule has 9 atom stereocenters. The zero-order chi connectivity index (χ0) is 107. The molecule has 27 heteroatoms. The molecule has 4 saturated carbocycles. The van der Waals surface area contributed by atoms with E-state index in [1.54, 1.807) is 6.08 Å². The third kappa shape index (κ3) is 41.3. The first-order valence-electron chi connectivity index (χ1n) is 49.9. The first-order valence-corrected chi connectivity index (χ1v) is 87.7. The topological polar surface area (TPSA) is 189 Å². The molecule has 137 heavy (non-hydrogen) atoms. The van der Waals surface area contributed by atoms with Crippen LogP contribution < -0.4 is 23.9 Å². The van der Waals surface area contributed by atoms with Gasteiger partial charge in [-0.3, -0.25) is 4.79 Å². The SMILES string of the molecule is C=C(C)[C@H]1CC=C(C)C(=O)C1.C=C1/C(=C/CC)C[C@@H](O[Si](C)(C)C(C)(C)C)C[C@@H]1O[Si](C)(C)C(C)(C)C.C=C1/C(=C\C(=O)OCC)C[C@@H](O[Si](C)(C)C(C)(C)C)C[C@@H]1O[Si](C)(C)C(C)(C)C.C=C1/C(=C\CO)C[C@@H](O[Si](C)(C)C(C)(C)C)C[C@@H]1O[Si](C)(C)C(C)(C)C.C=C1/C(=C\CP(=O)(c2ccccc2)c2ccccc2)C[C@@H](O[Si](C)(C)C(C)(C)C)C[C@@H]1O[Si](C)(C)C(C)(C)C.I[I-]I.O=C=O. The van der Waals surface area contributed by atoms with Gasteiger partial charge >= 0.3 is 62.6 Å². The Kier molecular flexibility index (Phi) is 52.9. The second-order valence-electron chi connectivity index (χ2n) is 50.6. The number of Topliss-reactive ketones (excluding diaryl/α,β-unsaturated/α-hetero) is 1. The van der Waals surface area contributed by atoms with E-state index < -0.39 is 73.7 Å². The van der Waals surface area contributed by atoms with Gasteiger partial charge in [0.15, 0.2) is 72.3 Å². The maximum atomic E-state index is 14.7. The van der Waals surface area contributed by atoms with Crippen LogP contribution in [0.15, 0.2) is 180 Å². The van der Waals surface area contributed by atoms with Crippen molar-refractivity contribution in [3.05, 3.63) is 180 Å². The quantitative estimate of drug-likeness (QED) is 0.0247. The number of esters is 1. The Morgan fingerprint density at radius 3 is 0.912 bits per heavy atom. The van der Waals surface area contributed by atoms with Gasteiger partial charge in [-0.15, -0.1) is 0 Å². The van der Waals surface area contributed by atoms with Crippen molar-refractivity contribution in [1.29, 1.82) is 0 Å².